The van der Waals surface area contributed by atoms with Crippen molar-refractivity contribution in [2.75, 3.05) is 5.75 Å². The minimum Gasteiger partial charge on any atom is -0.481 e. The molecule has 1 amide bonds. The lowest BCUT2D eigenvalue weighted by Gasteiger charge is -2.21. The minimum absolute atomic E-state index is 0.0236. The first-order valence-electron chi connectivity index (χ1n) is 7.73. The summed E-state index contributed by atoms with van der Waals surface area (Å²) in [6.07, 6.45) is 1.42. The van der Waals surface area contributed by atoms with Crippen LogP contribution in [-0.4, -0.2) is 37.5 Å². The highest BCUT2D eigenvalue weighted by Crippen LogP contribution is 2.39. The van der Waals surface area contributed by atoms with E-state index in [1.54, 1.807) is 23.1 Å². The topological polar surface area (TPSA) is 97.1 Å². The van der Waals surface area contributed by atoms with Gasteiger partial charge in [-0.05, 0) is 29.2 Å². The first kappa shape index (κ1) is 15.6. The van der Waals surface area contributed by atoms with Gasteiger partial charge in [0.2, 0.25) is 5.91 Å². The fourth-order valence-electron chi connectivity index (χ4n) is 3.16. The highest BCUT2D eigenvalue weighted by molar-refractivity contribution is 8.00. The van der Waals surface area contributed by atoms with E-state index in [9.17, 15) is 9.59 Å². The Hall–Kier alpha value is -1.87. The Morgan fingerprint density at radius 2 is 2.29 bits per heavy atom. The number of fused-ring (bicyclic) bond motifs is 2. The number of amides is 1. The summed E-state index contributed by atoms with van der Waals surface area (Å²) in [6, 6.07) is 2.03. The van der Waals surface area contributed by atoms with Crippen molar-refractivity contribution >= 4 is 35.0 Å². The lowest BCUT2D eigenvalue weighted by molar-refractivity contribution is -0.141. The van der Waals surface area contributed by atoms with Gasteiger partial charge in [-0.15, -0.1) is 33.3 Å². The Bertz CT molecular complexity index is 800. The molecule has 0 radical (unpaired) electrons. The van der Waals surface area contributed by atoms with Gasteiger partial charge in [0.1, 0.15) is 11.1 Å². The Morgan fingerprint density at radius 3 is 3.12 bits per heavy atom. The second-order valence-electron chi connectivity index (χ2n) is 5.90. The maximum Gasteiger partial charge on any atom is 0.308 e. The average molecular weight is 364 g/mol. The van der Waals surface area contributed by atoms with E-state index in [0.717, 1.165) is 17.7 Å². The molecule has 0 saturated heterocycles. The van der Waals surface area contributed by atoms with Gasteiger partial charge in [-0.2, -0.15) is 0 Å². The van der Waals surface area contributed by atoms with E-state index in [1.165, 1.54) is 4.88 Å². The van der Waals surface area contributed by atoms with Crippen molar-refractivity contribution in [2.45, 2.75) is 31.2 Å². The predicted octanol–water partition coefficient (Wildman–Crippen LogP) is 1.24. The zero-order chi connectivity index (χ0) is 16.7. The number of hydrogen-bond acceptors (Lipinski definition) is 6. The van der Waals surface area contributed by atoms with E-state index >= 15 is 0 Å². The molecule has 0 aromatic carbocycles. The molecule has 2 atom stereocenters. The maximum atomic E-state index is 12.5. The number of aliphatic carboxylic acids is 1. The number of thioether (sulfide) groups is 1. The molecule has 4 heterocycles. The fourth-order valence-corrected chi connectivity index (χ4v) is 5.48. The molecule has 0 saturated carbocycles. The first-order valence-corrected chi connectivity index (χ1v) is 9.65. The van der Waals surface area contributed by atoms with Gasteiger partial charge in [0.15, 0.2) is 5.82 Å². The number of aromatic nitrogens is 3. The third kappa shape index (κ3) is 2.71. The van der Waals surface area contributed by atoms with Gasteiger partial charge in [0.25, 0.3) is 0 Å². The number of carbonyl (C=O) groups excluding carboxylic acids is 1. The van der Waals surface area contributed by atoms with Gasteiger partial charge < -0.3 is 15.0 Å². The van der Waals surface area contributed by atoms with Gasteiger partial charge in [-0.1, -0.05) is 0 Å². The van der Waals surface area contributed by atoms with Crippen LogP contribution in [0.1, 0.15) is 27.3 Å². The van der Waals surface area contributed by atoms with Crippen molar-refractivity contribution in [1.82, 2.24) is 20.1 Å². The quantitative estimate of drug-likeness (QED) is 0.847. The largest absolute Gasteiger partial charge is 0.481 e. The zero-order valence-electron chi connectivity index (χ0n) is 12.8. The molecular formula is C15H16N4O3S2. The van der Waals surface area contributed by atoms with Crippen LogP contribution in [0.3, 0.4) is 0 Å². The predicted molar refractivity (Wildman–Crippen MR) is 89.9 cm³/mol. The second-order valence-corrected chi connectivity index (χ2v) is 8.11. The molecule has 0 spiro atoms. The maximum absolute atomic E-state index is 12.5. The second kappa shape index (κ2) is 6.21. The summed E-state index contributed by atoms with van der Waals surface area (Å²) in [4.78, 5) is 25.0. The molecule has 24 heavy (non-hydrogen) atoms. The third-order valence-electron chi connectivity index (χ3n) is 4.42. The summed E-state index contributed by atoms with van der Waals surface area (Å²) in [7, 11) is 0. The molecule has 2 unspecified atom stereocenters. The highest BCUT2D eigenvalue weighted by Gasteiger charge is 2.32. The Morgan fingerprint density at radius 1 is 1.42 bits per heavy atom. The normalized spacial score (nSPS) is 22.0. The number of carboxylic acid groups (broad SMARTS) is 1. The van der Waals surface area contributed by atoms with Gasteiger partial charge >= 0.3 is 5.97 Å². The van der Waals surface area contributed by atoms with Crippen molar-refractivity contribution in [1.29, 1.82) is 0 Å². The Kier molecular flexibility index (Phi) is 4.05. The van der Waals surface area contributed by atoms with E-state index in [0.29, 0.717) is 24.6 Å². The number of nitrogens with zero attached hydrogens (tertiary/aromatic N) is 3. The van der Waals surface area contributed by atoms with Gasteiger partial charge in [0, 0.05) is 17.8 Å². The van der Waals surface area contributed by atoms with Crippen molar-refractivity contribution in [3.8, 4) is 0 Å². The van der Waals surface area contributed by atoms with Crippen molar-refractivity contribution < 1.29 is 14.7 Å². The van der Waals surface area contributed by atoms with Gasteiger partial charge in [0.05, 0.1) is 12.5 Å². The van der Waals surface area contributed by atoms with E-state index < -0.39 is 11.9 Å². The number of aryl methyl sites for hydroxylation is 1. The molecule has 126 valence electrons. The van der Waals surface area contributed by atoms with Crippen LogP contribution in [0.4, 0.5) is 0 Å². The Balaban J connectivity index is 1.43. The van der Waals surface area contributed by atoms with Crippen molar-refractivity contribution in [3.63, 3.8) is 0 Å². The van der Waals surface area contributed by atoms with Gasteiger partial charge in [-0.25, -0.2) is 0 Å². The van der Waals surface area contributed by atoms with Crippen molar-refractivity contribution in [2.24, 2.45) is 5.92 Å². The smallest absolute Gasteiger partial charge is 0.308 e. The molecule has 0 aliphatic carbocycles. The van der Waals surface area contributed by atoms with Crippen LogP contribution in [0.5, 0.6) is 0 Å². The lowest BCUT2D eigenvalue weighted by Crippen LogP contribution is -2.30. The molecular weight excluding hydrogens is 348 g/mol. The number of hydrogen-bond donors (Lipinski definition) is 2. The standard InChI is InChI=1S/C15H16N4O3S2/c20-14(13-9-1-3-23-10(9)2-4-24-13)16-6-12-18-17-11-5-8(15(21)22)7-19(11)12/h1,3,8,13H,2,4-7H2,(H,16,20)(H,21,22). The SMILES string of the molecule is O=C(O)C1Cc2nnc(CNC(=O)C3SCCc4sccc43)n2C1. The summed E-state index contributed by atoms with van der Waals surface area (Å²) >= 11 is 3.37. The molecule has 0 fully saturated rings. The molecule has 2 aromatic rings. The van der Waals surface area contributed by atoms with Crippen LogP contribution < -0.4 is 5.32 Å². The summed E-state index contributed by atoms with van der Waals surface area (Å²) in [5, 5.41) is 22.0. The average Bonchev–Trinajstić information content (AvgIpc) is 3.27. The summed E-state index contributed by atoms with van der Waals surface area (Å²) < 4.78 is 1.81. The molecule has 4 rings (SSSR count). The molecule has 0 bridgehead atoms. The number of nitrogens with one attached hydrogen (secondary N) is 1. The van der Waals surface area contributed by atoms with Gasteiger partial charge in [-0.3, -0.25) is 9.59 Å². The number of rotatable bonds is 4. The fraction of sp³-hybridized carbons (Fsp3) is 0.467. The highest BCUT2D eigenvalue weighted by atomic mass is 32.2. The lowest BCUT2D eigenvalue weighted by atomic mass is 10.1. The number of carbonyl (C=O) groups is 2. The van der Waals surface area contributed by atoms with Crippen LogP contribution in [0.2, 0.25) is 0 Å². The first-order chi connectivity index (χ1) is 11.6. The van der Waals surface area contributed by atoms with Crippen LogP contribution in [0.15, 0.2) is 11.4 Å². The van der Waals surface area contributed by atoms with Crippen LogP contribution in [0.25, 0.3) is 0 Å². The summed E-state index contributed by atoms with van der Waals surface area (Å²) in [6.45, 7) is 0.643. The zero-order valence-corrected chi connectivity index (χ0v) is 14.4. The Labute approximate surface area is 146 Å². The van der Waals surface area contributed by atoms with E-state index in [4.69, 9.17) is 5.11 Å². The molecule has 2 aliphatic rings. The summed E-state index contributed by atoms with van der Waals surface area (Å²) in [5.41, 5.74) is 1.12. The molecule has 2 N–H and O–H groups in total. The molecule has 2 aliphatic heterocycles. The number of carboxylic acids is 1. The van der Waals surface area contributed by atoms with Crippen molar-refractivity contribution in [3.05, 3.63) is 33.5 Å². The molecule has 7 nitrogen and oxygen atoms in total. The van der Waals surface area contributed by atoms with E-state index in [2.05, 4.69) is 15.5 Å². The third-order valence-corrected chi connectivity index (χ3v) is 6.66. The molecule has 9 heteroatoms. The minimum atomic E-state index is -0.820. The number of thiophene rings is 1. The van der Waals surface area contributed by atoms with Crippen LogP contribution >= 0.6 is 23.1 Å². The monoisotopic (exact) mass is 364 g/mol. The molecule has 2 aromatic heterocycles. The van der Waals surface area contributed by atoms with Crippen LogP contribution in [-0.2, 0) is 35.5 Å². The van der Waals surface area contributed by atoms with E-state index in [1.807, 2.05) is 16.0 Å². The summed E-state index contributed by atoms with van der Waals surface area (Å²) in [5.74, 6) is 0.953. The van der Waals surface area contributed by atoms with Crippen LogP contribution in [0, 0.1) is 5.92 Å². The van der Waals surface area contributed by atoms with E-state index in [-0.39, 0.29) is 17.7 Å².